The minimum atomic E-state index is -4.60. The van der Waals surface area contributed by atoms with Gasteiger partial charge in [-0.1, -0.05) is 47.5 Å². The van der Waals surface area contributed by atoms with Gasteiger partial charge in [0, 0.05) is 28.9 Å². The Labute approximate surface area is 237 Å². The number of hydrogen-bond acceptors (Lipinski definition) is 6. The van der Waals surface area contributed by atoms with E-state index in [4.69, 9.17) is 22.9 Å². The lowest BCUT2D eigenvalue weighted by molar-refractivity contribution is -0.137. The highest BCUT2D eigenvalue weighted by Gasteiger charge is 2.34. The summed E-state index contributed by atoms with van der Waals surface area (Å²) >= 11 is 7.73. The molecular weight excluding hydrogens is 585 g/mol. The Morgan fingerprint density at radius 2 is 1.90 bits per heavy atom. The van der Waals surface area contributed by atoms with E-state index in [0.29, 0.717) is 5.69 Å². The van der Waals surface area contributed by atoms with Gasteiger partial charge in [-0.2, -0.15) is 13.2 Å². The smallest absolute Gasteiger partial charge is 0.415 e. The third-order valence-corrected chi connectivity index (χ3v) is 9.35. The van der Waals surface area contributed by atoms with Crippen LogP contribution in [0.4, 0.5) is 35.4 Å². The lowest BCUT2D eigenvalue weighted by Gasteiger charge is -2.33. The van der Waals surface area contributed by atoms with Gasteiger partial charge in [0.15, 0.2) is 5.13 Å². The fourth-order valence-electron chi connectivity index (χ4n) is 4.26. The largest absolute Gasteiger partial charge is 0.489 e. The zero-order valence-electron chi connectivity index (χ0n) is 20.8. The molecule has 13 heteroatoms. The van der Waals surface area contributed by atoms with Gasteiger partial charge >= 0.3 is 6.18 Å². The first-order valence-electron chi connectivity index (χ1n) is 11.8. The average Bonchev–Trinajstić information content (AvgIpc) is 3.45. The van der Waals surface area contributed by atoms with Crippen molar-refractivity contribution in [3.05, 3.63) is 99.3 Å². The second-order valence-corrected chi connectivity index (χ2v) is 12.0. The molecule has 2 heterocycles. The van der Waals surface area contributed by atoms with Crippen molar-refractivity contribution < 1.29 is 26.3 Å². The van der Waals surface area contributed by atoms with Crippen LogP contribution in [0.15, 0.2) is 71.1 Å². The molecule has 5 rings (SSSR count). The van der Waals surface area contributed by atoms with E-state index in [1.54, 1.807) is 10.3 Å². The number of hydrogen-bond donors (Lipinski definition) is 0. The zero-order chi connectivity index (χ0) is 28.7. The minimum absolute atomic E-state index is 0.0104. The number of rotatable bonds is 6. The van der Waals surface area contributed by atoms with E-state index in [0.717, 1.165) is 34.6 Å². The number of anilines is 3. The van der Waals surface area contributed by atoms with Crippen molar-refractivity contribution in [1.29, 1.82) is 0 Å². The summed E-state index contributed by atoms with van der Waals surface area (Å²) in [6.45, 7) is 9.71. The molecular formula is C27H20ClF3N4O3S2. The Hall–Kier alpha value is -3.79. The van der Waals surface area contributed by atoms with Crippen LogP contribution in [0, 0.1) is 13.5 Å². The number of sulfonamides is 1. The number of halogens is 4. The standard InChI is InChI=1S/C27H20ClF3N4O3S2/c1-17-3-5-18(6-4-17)16-35(26-33-9-12-39-26)40(36,37)25-15-24-23(14-20(25)28)34(10-11-38-24)22-8-7-19(27(29,30)31)13-21(22)32-2/h3-9,12-15H,10-11,16H2,1H3. The highest BCUT2D eigenvalue weighted by atomic mass is 35.5. The van der Waals surface area contributed by atoms with Gasteiger partial charge in [0.25, 0.3) is 10.0 Å². The summed E-state index contributed by atoms with van der Waals surface area (Å²) in [5.74, 6) is 0.166. The molecule has 0 atom stereocenters. The molecule has 0 bridgehead atoms. The molecule has 0 saturated carbocycles. The topological polar surface area (TPSA) is 67.1 Å². The Balaban J connectivity index is 1.56. The minimum Gasteiger partial charge on any atom is -0.489 e. The molecule has 0 amide bonds. The number of nitrogens with zero attached hydrogens (tertiary/aromatic N) is 4. The third-order valence-electron chi connectivity index (χ3n) is 6.24. The molecule has 0 N–H and O–H groups in total. The molecule has 1 aliphatic rings. The Morgan fingerprint density at radius 3 is 2.55 bits per heavy atom. The van der Waals surface area contributed by atoms with Crippen LogP contribution >= 0.6 is 22.9 Å². The highest BCUT2D eigenvalue weighted by Crippen LogP contribution is 2.46. The maximum absolute atomic E-state index is 14.0. The maximum Gasteiger partial charge on any atom is 0.415 e. The molecule has 4 aromatic rings. The predicted molar refractivity (Wildman–Crippen MR) is 148 cm³/mol. The van der Waals surface area contributed by atoms with Crippen LogP contribution in [0.5, 0.6) is 5.75 Å². The number of thiazole rings is 1. The first-order chi connectivity index (χ1) is 19.0. The molecule has 0 saturated heterocycles. The van der Waals surface area contributed by atoms with E-state index in [1.165, 1.54) is 28.7 Å². The van der Waals surface area contributed by atoms with Gasteiger partial charge in [0.1, 0.15) is 17.3 Å². The van der Waals surface area contributed by atoms with Crippen molar-refractivity contribution in [3.63, 3.8) is 0 Å². The number of aryl methyl sites for hydroxylation is 1. The lowest BCUT2D eigenvalue weighted by atomic mass is 10.1. The van der Waals surface area contributed by atoms with E-state index in [2.05, 4.69) is 9.83 Å². The van der Waals surface area contributed by atoms with Crippen LogP contribution in [0.25, 0.3) is 4.85 Å². The van der Waals surface area contributed by atoms with Crippen molar-refractivity contribution in [2.24, 2.45) is 0 Å². The van der Waals surface area contributed by atoms with Crippen molar-refractivity contribution in [1.82, 2.24) is 4.98 Å². The molecule has 40 heavy (non-hydrogen) atoms. The van der Waals surface area contributed by atoms with Crippen LogP contribution in [0.2, 0.25) is 5.02 Å². The van der Waals surface area contributed by atoms with Gasteiger partial charge in [-0.3, -0.25) is 0 Å². The molecule has 3 aromatic carbocycles. The summed E-state index contributed by atoms with van der Waals surface area (Å²) < 4.78 is 74.6. The maximum atomic E-state index is 14.0. The van der Waals surface area contributed by atoms with Gasteiger partial charge in [-0.15, -0.1) is 11.3 Å². The van der Waals surface area contributed by atoms with Crippen LogP contribution in [-0.2, 0) is 22.7 Å². The zero-order valence-corrected chi connectivity index (χ0v) is 23.2. The van der Waals surface area contributed by atoms with Crippen molar-refractivity contribution >= 4 is 55.2 Å². The van der Waals surface area contributed by atoms with E-state index in [1.807, 2.05) is 31.2 Å². The number of alkyl halides is 3. The monoisotopic (exact) mass is 604 g/mol. The summed E-state index contributed by atoms with van der Waals surface area (Å²) in [6, 6.07) is 13.0. The number of fused-ring (bicyclic) bond motifs is 1. The number of aromatic nitrogens is 1. The van der Waals surface area contributed by atoms with Crippen molar-refractivity contribution in [2.45, 2.75) is 24.5 Å². The van der Waals surface area contributed by atoms with E-state index in [9.17, 15) is 21.6 Å². The molecule has 1 aliphatic heterocycles. The molecule has 7 nitrogen and oxygen atoms in total. The summed E-state index contributed by atoms with van der Waals surface area (Å²) in [5, 5.41) is 1.81. The molecule has 0 unspecified atom stereocenters. The van der Waals surface area contributed by atoms with E-state index >= 15 is 0 Å². The molecule has 0 radical (unpaired) electrons. The fourth-order valence-corrected chi connectivity index (χ4v) is 7.05. The normalized spacial score (nSPS) is 13.3. The molecule has 0 spiro atoms. The first kappa shape index (κ1) is 27.8. The van der Waals surface area contributed by atoms with Crippen LogP contribution in [0.3, 0.4) is 0 Å². The first-order valence-corrected chi connectivity index (χ1v) is 14.5. The second-order valence-electron chi connectivity index (χ2n) is 8.88. The third kappa shape index (κ3) is 5.32. The lowest BCUT2D eigenvalue weighted by Crippen LogP contribution is -2.32. The molecule has 0 aliphatic carbocycles. The fraction of sp³-hybridized carbons (Fsp3) is 0.185. The van der Waals surface area contributed by atoms with E-state index in [-0.39, 0.29) is 51.9 Å². The number of ether oxygens (including phenoxy) is 1. The van der Waals surface area contributed by atoms with Gasteiger partial charge < -0.3 is 9.64 Å². The van der Waals surface area contributed by atoms with Gasteiger partial charge in [-0.05, 0) is 30.7 Å². The van der Waals surface area contributed by atoms with E-state index < -0.39 is 21.8 Å². The Kier molecular flexibility index (Phi) is 7.39. The summed E-state index contributed by atoms with van der Waals surface area (Å²) in [7, 11) is -4.24. The van der Waals surface area contributed by atoms with Crippen molar-refractivity contribution in [3.8, 4) is 5.75 Å². The van der Waals surface area contributed by atoms with Crippen LogP contribution < -0.4 is 13.9 Å². The molecule has 0 fully saturated rings. The predicted octanol–water partition coefficient (Wildman–Crippen LogP) is 7.60. The summed E-state index contributed by atoms with van der Waals surface area (Å²) in [5.41, 5.74) is 1.19. The second kappa shape index (κ2) is 10.6. The average molecular weight is 605 g/mol. The number of benzene rings is 3. The van der Waals surface area contributed by atoms with Crippen LogP contribution in [0.1, 0.15) is 16.7 Å². The summed E-state index contributed by atoms with van der Waals surface area (Å²) in [4.78, 5) is 8.89. The quantitative estimate of drug-likeness (QED) is 0.212. The SMILES string of the molecule is [C-]#[N+]c1cc(C(F)(F)F)ccc1N1CCOc2cc(S(=O)(=O)N(Cc3ccc(C)cc3)c3nccs3)c(Cl)cc21. The molecule has 206 valence electrons. The van der Waals surface area contributed by atoms with Gasteiger partial charge in [0.2, 0.25) is 5.69 Å². The van der Waals surface area contributed by atoms with Gasteiger partial charge in [0.05, 0.1) is 30.4 Å². The van der Waals surface area contributed by atoms with Crippen molar-refractivity contribution in [2.75, 3.05) is 22.4 Å². The van der Waals surface area contributed by atoms with Crippen LogP contribution in [-0.4, -0.2) is 26.6 Å². The Morgan fingerprint density at radius 1 is 1.15 bits per heavy atom. The Bertz CT molecular complexity index is 1700. The summed E-state index contributed by atoms with van der Waals surface area (Å²) in [6.07, 6.45) is -3.10. The highest BCUT2D eigenvalue weighted by molar-refractivity contribution is 7.93. The van der Waals surface area contributed by atoms with Gasteiger partial charge in [-0.25, -0.2) is 22.6 Å². The molecule has 1 aromatic heterocycles.